The van der Waals surface area contributed by atoms with E-state index in [4.69, 9.17) is 33.5 Å². The van der Waals surface area contributed by atoms with Crippen LogP contribution in [0.4, 0.5) is 0 Å². The van der Waals surface area contributed by atoms with Crippen LogP contribution in [0.5, 0.6) is 0 Å². The van der Waals surface area contributed by atoms with Crippen molar-refractivity contribution >= 4 is 5.97 Å². The van der Waals surface area contributed by atoms with Gasteiger partial charge in [0.2, 0.25) is 0 Å². The summed E-state index contributed by atoms with van der Waals surface area (Å²) in [6, 6.07) is 0. The van der Waals surface area contributed by atoms with Crippen LogP contribution in [0.1, 0.15) is 20.8 Å². The van der Waals surface area contributed by atoms with E-state index in [0.29, 0.717) is 45.2 Å². The van der Waals surface area contributed by atoms with Crippen LogP contribution in [0.25, 0.3) is 0 Å². The van der Waals surface area contributed by atoms with Crippen LogP contribution in [0.3, 0.4) is 0 Å². The Morgan fingerprint density at radius 1 is 1.00 bits per heavy atom. The van der Waals surface area contributed by atoms with Crippen molar-refractivity contribution in [2.75, 3.05) is 46.2 Å². The van der Waals surface area contributed by atoms with Gasteiger partial charge in [0, 0.05) is 6.08 Å². The second kappa shape index (κ2) is 13.2. The van der Waals surface area contributed by atoms with E-state index >= 15 is 0 Å². The molecule has 0 radical (unpaired) electrons. The summed E-state index contributed by atoms with van der Waals surface area (Å²) in [6.45, 7) is 13.7. The van der Waals surface area contributed by atoms with Crippen molar-refractivity contribution in [3.05, 3.63) is 12.7 Å². The molecule has 2 aliphatic heterocycles. The third kappa shape index (κ3) is 14.2. The average Bonchev–Trinajstić information content (AvgIpc) is 3.51. The topological polar surface area (TPSA) is 99.3 Å². The molecule has 0 aromatic heterocycles. The van der Waals surface area contributed by atoms with Gasteiger partial charge < -0.3 is 33.5 Å². The first-order valence-corrected chi connectivity index (χ1v) is 8.91. The van der Waals surface area contributed by atoms with Crippen molar-refractivity contribution in [1.82, 2.24) is 0 Å². The molecular weight excluding hydrogens is 344 g/mol. The van der Waals surface area contributed by atoms with Crippen LogP contribution in [0.15, 0.2) is 12.7 Å². The molecule has 0 saturated carbocycles. The SMILES string of the molecule is C=CC(=O)O.CC(COCC1CO1)OCC(C)OCC(C)OCC1CO1. The minimum absolute atomic E-state index is 0.0439. The Labute approximate surface area is 155 Å². The van der Waals surface area contributed by atoms with Gasteiger partial charge in [0.1, 0.15) is 12.2 Å². The number of hydrogen-bond donors (Lipinski definition) is 1. The van der Waals surface area contributed by atoms with Crippen LogP contribution >= 0.6 is 0 Å². The highest BCUT2D eigenvalue weighted by Crippen LogP contribution is 2.10. The number of carbonyl (C=O) groups is 1. The highest BCUT2D eigenvalue weighted by molar-refractivity contribution is 5.78. The molecule has 8 heteroatoms. The maximum atomic E-state index is 9.25. The normalized spacial score (nSPS) is 24.0. The van der Waals surface area contributed by atoms with Crippen molar-refractivity contribution < 1.29 is 38.3 Å². The van der Waals surface area contributed by atoms with Crippen molar-refractivity contribution in [2.45, 2.75) is 51.3 Å². The smallest absolute Gasteiger partial charge is 0.327 e. The number of ether oxygens (including phenoxy) is 6. The summed E-state index contributed by atoms with van der Waals surface area (Å²) in [5.74, 6) is -0.981. The fourth-order valence-corrected chi connectivity index (χ4v) is 1.71. The van der Waals surface area contributed by atoms with E-state index in [0.717, 1.165) is 19.3 Å². The number of epoxide rings is 2. The van der Waals surface area contributed by atoms with Gasteiger partial charge in [-0.05, 0) is 20.8 Å². The largest absolute Gasteiger partial charge is 0.478 e. The molecule has 0 bridgehead atoms. The van der Waals surface area contributed by atoms with E-state index in [1.54, 1.807) is 0 Å². The van der Waals surface area contributed by atoms with E-state index in [9.17, 15) is 4.79 Å². The Kier molecular flexibility index (Phi) is 11.7. The maximum Gasteiger partial charge on any atom is 0.327 e. The van der Waals surface area contributed by atoms with Gasteiger partial charge >= 0.3 is 5.97 Å². The third-order valence-electron chi connectivity index (χ3n) is 3.43. The number of hydrogen-bond acceptors (Lipinski definition) is 7. The number of carboxylic acid groups (broad SMARTS) is 1. The monoisotopic (exact) mass is 376 g/mol. The molecule has 26 heavy (non-hydrogen) atoms. The van der Waals surface area contributed by atoms with Gasteiger partial charge in [0.05, 0.1) is 64.6 Å². The van der Waals surface area contributed by atoms with E-state index < -0.39 is 5.97 Å². The molecule has 152 valence electrons. The summed E-state index contributed by atoms with van der Waals surface area (Å²) in [4.78, 5) is 9.25. The molecule has 1 N–H and O–H groups in total. The van der Waals surface area contributed by atoms with Gasteiger partial charge in [-0.15, -0.1) is 0 Å². The molecule has 0 aliphatic carbocycles. The highest BCUT2D eigenvalue weighted by Gasteiger charge is 2.24. The molecule has 0 aromatic rings. The molecule has 2 heterocycles. The Bertz CT molecular complexity index is 395. The van der Waals surface area contributed by atoms with Gasteiger partial charge in [-0.3, -0.25) is 0 Å². The van der Waals surface area contributed by atoms with Crippen molar-refractivity contribution in [2.24, 2.45) is 0 Å². The molecule has 5 atom stereocenters. The summed E-state index contributed by atoms with van der Waals surface area (Å²) >= 11 is 0. The number of aliphatic carboxylic acids is 1. The molecule has 0 spiro atoms. The quantitative estimate of drug-likeness (QED) is 0.357. The highest BCUT2D eigenvalue weighted by atomic mass is 16.6. The second-order valence-corrected chi connectivity index (χ2v) is 6.42. The molecular formula is C18H32O8. The summed E-state index contributed by atoms with van der Waals surface area (Å²) in [5, 5.41) is 7.60. The van der Waals surface area contributed by atoms with E-state index in [2.05, 4.69) is 6.58 Å². The van der Waals surface area contributed by atoms with Crippen LogP contribution in [-0.4, -0.2) is 87.8 Å². The fraction of sp³-hybridized carbons (Fsp3) is 0.833. The minimum Gasteiger partial charge on any atom is -0.478 e. The lowest BCUT2D eigenvalue weighted by atomic mass is 10.4. The molecule has 2 saturated heterocycles. The lowest BCUT2D eigenvalue weighted by Crippen LogP contribution is -2.27. The van der Waals surface area contributed by atoms with Crippen LogP contribution in [0, 0.1) is 0 Å². The van der Waals surface area contributed by atoms with Crippen molar-refractivity contribution in [1.29, 1.82) is 0 Å². The molecule has 2 fully saturated rings. The van der Waals surface area contributed by atoms with Crippen LogP contribution < -0.4 is 0 Å². The Hall–Kier alpha value is -1.03. The maximum absolute atomic E-state index is 9.25. The summed E-state index contributed by atoms with van der Waals surface area (Å²) < 4.78 is 32.7. The fourth-order valence-electron chi connectivity index (χ4n) is 1.71. The van der Waals surface area contributed by atoms with Gasteiger partial charge in [-0.2, -0.15) is 0 Å². The Balaban J connectivity index is 0.000000597. The molecule has 8 nitrogen and oxygen atoms in total. The van der Waals surface area contributed by atoms with Gasteiger partial charge in [-0.25, -0.2) is 4.79 Å². The summed E-state index contributed by atoms with van der Waals surface area (Å²) in [7, 11) is 0. The first-order valence-electron chi connectivity index (χ1n) is 8.91. The number of carboxylic acids is 1. The summed E-state index contributed by atoms with van der Waals surface area (Å²) in [5.41, 5.74) is 0. The molecule has 2 rings (SSSR count). The first kappa shape index (κ1) is 23.0. The van der Waals surface area contributed by atoms with Crippen molar-refractivity contribution in [3.8, 4) is 0 Å². The minimum atomic E-state index is -0.981. The zero-order valence-corrected chi connectivity index (χ0v) is 15.9. The zero-order valence-electron chi connectivity index (χ0n) is 15.9. The van der Waals surface area contributed by atoms with E-state index in [-0.39, 0.29) is 18.3 Å². The van der Waals surface area contributed by atoms with Crippen molar-refractivity contribution in [3.63, 3.8) is 0 Å². The summed E-state index contributed by atoms with van der Waals surface area (Å²) in [6.07, 6.45) is 1.63. The molecule has 0 aromatic carbocycles. The van der Waals surface area contributed by atoms with Gasteiger partial charge in [0.25, 0.3) is 0 Å². The van der Waals surface area contributed by atoms with Crippen LogP contribution in [-0.2, 0) is 33.2 Å². The second-order valence-electron chi connectivity index (χ2n) is 6.42. The van der Waals surface area contributed by atoms with E-state index in [1.165, 1.54) is 0 Å². The van der Waals surface area contributed by atoms with Gasteiger partial charge in [0.15, 0.2) is 0 Å². The standard InChI is InChI=1S/C15H28O6.C3H4O2/c1-11(4-16-7-14-9-20-14)17-5-12(2)18-6-13(3)19-8-15-10-21-15;1-2-3(4)5/h11-15H,4-10H2,1-3H3;2H,1H2,(H,4,5). The third-order valence-corrected chi connectivity index (χ3v) is 3.43. The zero-order chi connectivity index (χ0) is 19.4. The van der Waals surface area contributed by atoms with Gasteiger partial charge in [-0.1, -0.05) is 6.58 Å². The lowest BCUT2D eigenvalue weighted by molar-refractivity contribution is -0.131. The first-order chi connectivity index (χ1) is 12.4. The predicted octanol–water partition coefficient (Wildman–Crippen LogP) is 1.27. The van der Waals surface area contributed by atoms with E-state index in [1.807, 2.05) is 20.8 Å². The predicted molar refractivity (Wildman–Crippen MR) is 94.4 cm³/mol. The molecule has 2 aliphatic rings. The Morgan fingerprint density at radius 3 is 1.88 bits per heavy atom. The Morgan fingerprint density at radius 2 is 1.42 bits per heavy atom. The lowest BCUT2D eigenvalue weighted by Gasteiger charge is -2.19. The molecule has 5 unspecified atom stereocenters. The molecule has 0 amide bonds. The number of rotatable bonds is 14. The average molecular weight is 376 g/mol. The van der Waals surface area contributed by atoms with Crippen LogP contribution in [0.2, 0.25) is 0 Å².